The number of halogens is 1. The number of nitrogens with zero attached hydrogens (tertiary/aromatic N) is 1. The van der Waals surface area contributed by atoms with Gasteiger partial charge >= 0.3 is 0 Å². The largest absolute Gasteiger partial charge is 0.360 e. The molecule has 0 saturated carbocycles. The Morgan fingerprint density at radius 1 is 1.33 bits per heavy atom. The highest BCUT2D eigenvalue weighted by Gasteiger charge is 2.24. The Morgan fingerprint density at radius 2 is 2.00 bits per heavy atom. The lowest BCUT2D eigenvalue weighted by Gasteiger charge is -2.32. The molecule has 0 amide bonds. The third-order valence-corrected chi connectivity index (χ3v) is 4.22. The van der Waals surface area contributed by atoms with Gasteiger partial charge in [-0.25, -0.2) is 0 Å². The molecule has 2 nitrogen and oxygen atoms in total. The number of nitrogens with one attached hydrogen (secondary N) is 1. The molecule has 1 aromatic carbocycles. The van der Waals surface area contributed by atoms with Crippen molar-refractivity contribution in [2.24, 2.45) is 4.99 Å². The fourth-order valence-corrected chi connectivity index (χ4v) is 3.37. The summed E-state index contributed by atoms with van der Waals surface area (Å²) in [5, 5.41) is 5.31. The summed E-state index contributed by atoms with van der Waals surface area (Å²) in [4.78, 5) is 4.76. The van der Waals surface area contributed by atoms with Crippen LogP contribution in [-0.4, -0.2) is 16.5 Å². The van der Waals surface area contributed by atoms with E-state index >= 15 is 0 Å². The van der Waals surface area contributed by atoms with Gasteiger partial charge in [-0.3, -0.25) is 4.99 Å². The molecule has 4 heteroatoms. The summed E-state index contributed by atoms with van der Waals surface area (Å²) >= 11 is 7.70. The van der Waals surface area contributed by atoms with Crippen LogP contribution in [0.3, 0.4) is 0 Å². The molecule has 1 unspecified atom stereocenters. The highest BCUT2D eigenvalue weighted by atomic mass is 35.5. The smallest absolute Gasteiger partial charge is 0.157 e. The maximum absolute atomic E-state index is 5.89. The van der Waals surface area contributed by atoms with Crippen LogP contribution in [0.5, 0.6) is 0 Å². The first kappa shape index (κ1) is 13.8. The number of amidine groups is 1. The van der Waals surface area contributed by atoms with Crippen molar-refractivity contribution in [3.05, 3.63) is 34.9 Å². The Kier molecular flexibility index (Phi) is 4.23. The zero-order valence-electron chi connectivity index (χ0n) is 11.0. The normalized spacial score (nSPS) is 22.6. The molecule has 1 fully saturated rings. The molecular formula is C14H19ClN2S. The highest BCUT2D eigenvalue weighted by molar-refractivity contribution is 8.13. The zero-order chi connectivity index (χ0) is 13.2. The second-order valence-corrected chi connectivity index (χ2v) is 6.79. The summed E-state index contributed by atoms with van der Waals surface area (Å²) in [7, 11) is 0. The Morgan fingerprint density at radius 3 is 2.61 bits per heavy atom. The average molecular weight is 283 g/mol. The van der Waals surface area contributed by atoms with Gasteiger partial charge in [-0.15, -0.1) is 0 Å². The summed E-state index contributed by atoms with van der Waals surface area (Å²) < 4.78 is 0. The molecule has 1 heterocycles. The zero-order valence-corrected chi connectivity index (χ0v) is 12.6. The highest BCUT2D eigenvalue weighted by Crippen LogP contribution is 2.25. The summed E-state index contributed by atoms with van der Waals surface area (Å²) in [5.41, 5.74) is 1.35. The van der Waals surface area contributed by atoms with Crippen molar-refractivity contribution >= 4 is 28.5 Å². The van der Waals surface area contributed by atoms with Crippen LogP contribution in [0.15, 0.2) is 29.3 Å². The van der Waals surface area contributed by atoms with Crippen molar-refractivity contribution in [2.45, 2.75) is 38.8 Å². The van der Waals surface area contributed by atoms with E-state index < -0.39 is 0 Å². The Labute approximate surface area is 118 Å². The van der Waals surface area contributed by atoms with Crippen molar-refractivity contribution in [2.75, 3.05) is 5.75 Å². The van der Waals surface area contributed by atoms with Crippen molar-refractivity contribution in [1.29, 1.82) is 0 Å². The molecule has 1 atom stereocenters. The van der Waals surface area contributed by atoms with Crippen LogP contribution in [0.1, 0.15) is 38.8 Å². The first-order chi connectivity index (χ1) is 8.46. The molecule has 2 rings (SSSR count). The van der Waals surface area contributed by atoms with Gasteiger partial charge in [0.25, 0.3) is 0 Å². The third-order valence-electron chi connectivity index (χ3n) is 3.07. The summed E-state index contributed by atoms with van der Waals surface area (Å²) in [5.74, 6) is 1.13. The van der Waals surface area contributed by atoms with Gasteiger partial charge in [0.15, 0.2) is 5.17 Å². The number of rotatable bonds is 2. The summed E-state index contributed by atoms with van der Waals surface area (Å²) in [6, 6.07) is 8.06. The quantitative estimate of drug-likeness (QED) is 0.876. The molecule has 0 aliphatic carbocycles. The summed E-state index contributed by atoms with van der Waals surface area (Å²) in [6.07, 6.45) is 1.17. The number of thioether (sulfide) groups is 1. The Bertz CT molecular complexity index is 440. The molecule has 1 N–H and O–H groups in total. The minimum Gasteiger partial charge on any atom is -0.360 e. The van der Waals surface area contributed by atoms with E-state index in [2.05, 4.69) is 26.1 Å². The number of hydrogen-bond donors (Lipinski definition) is 1. The maximum atomic E-state index is 5.89. The Hall–Kier alpha value is -0.670. The molecule has 18 heavy (non-hydrogen) atoms. The first-order valence-corrected chi connectivity index (χ1v) is 7.57. The van der Waals surface area contributed by atoms with Gasteiger partial charge in [0.1, 0.15) is 0 Å². The molecule has 98 valence electrons. The van der Waals surface area contributed by atoms with Crippen molar-refractivity contribution in [3.8, 4) is 0 Å². The van der Waals surface area contributed by atoms with E-state index in [1.807, 2.05) is 24.3 Å². The van der Waals surface area contributed by atoms with E-state index in [1.54, 1.807) is 11.8 Å². The van der Waals surface area contributed by atoms with Crippen LogP contribution in [0.4, 0.5) is 0 Å². The van der Waals surface area contributed by atoms with Crippen LogP contribution in [0.2, 0.25) is 5.02 Å². The molecule has 0 spiro atoms. The fraction of sp³-hybridized carbons (Fsp3) is 0.500. The molecule has 0 aromatic heterocycles. The maximum Gasteiger partial charge on any atom is 0.157 e. The minimum absolute atomic E-state index is 0.157. The van der Waals surface area contributed by atoms with Crippen LogP contribution >= 0.6 is 23.4 Å². The second-order valence-electron chi connectivity index (χ2n) is 5.27. The fourth-order valence-electron chi connectivity index (χ4n) is 1.85. The van der Waals surface area contributed by atoms with E-state index in [4.69, 9.17) is 16.6 Å². The topological polar surface area (TPSA) is 24.4 Å². The summed E-state index contributed by atoms with van der Waals surface area (Å²) in [6.45, 7) is 6.55. The molecule has 0 bridgehead atoms. The molecule has 1 aliphatic heterocycles. The van der Waals surface area contributed by atoms with Crippen LogP contribution in [0.25, 0.3) is 0 Å². The number of aliphatic imine (C=N–C) groups is 1. The van der Waals surface area contributed by atoms with E-state index in [0.717, 1.165) is 15.9 Å². The van der Waals surface area contributed by atoms with Crippen molar-refractivity contribution < 1.29 is 0 Å². The molecule has 1 saturated heterocycles. The number of hydrogen-bond acceptors (Lipinski definition) is 2. The van der Waals surface area contributed by atoms with Crippen LogP contribution in [-0.2, 0) is 0 Å². The lowest BCUT2D eigenvalue weighted by molar-refractivity contribution is 0.445. The van der Waals surface area contributed by atoms with Crippen LogP contribution < -0.4 is 5.32 Å². The van der Waals surface area contributed by atoms with E-state index in [9.17, 15) is 0 Å². The predicted octanol–water partition coefficient (Wildman–Crippen LogP) is 4.26. The second kappa shape index (κ2) is 5.54. The van der Waals surface area contributed by atoms with Gasteiger partial charge in [-0.05, 0) is 44.9 Å². The minimum atomic E-state index is 0.157. The molecular weight excluding hydrogens is 264 g/mol. The third kappa shape index (κ3) is 3.66. The molecule has 1 aliphatic rings. The average Bonchev–Trinajstić information content (AvgIpc) is 2.28. The van der Waals surface area contributed by atoms with Crippen molar-refractivity contribution in [3.63, 3.8) is 0 Å². The number of benzene rings is 1. The van der Waals surface area contributed by atoms with E-state index in [1.165, 1.54) is 12.0 Å². The van der Waals surface area contributed by atoms with Crippen molar-refractivity contribution in [1.82, 2.24) is 5.32 Å². The first-order valence-electron chi connectivity index (χ1n) is 6.20. The Balaban J connectivity index is 2.10. The van der Waals surface area contributed by atoms with E-state index in [0.29, 0.717) is 0 Å². The van der Waals surface area contributed by atoms with Gasteiger partial charge in [0.2, 0.25) is 0 Å². The standard InChI is InChI=1S/C14H19ClN2S/c1-10(11-4-6-12(15)7-5-11)16-13-17-14(2,3)8-9-18-13/h4-7,10H,8-9H2,1-3H3,(H,16,17). The van der Waals surface area contributed by atoms with E-state index in [-0.39, 0.29) is 11.6 Å². The van der Waals surface area contributed by atoms with Gasteiger partial charge in [-0.2, -0.15) is 0 Å². The molecule has 0 radical (unpaired) electrons. The van der Waals surface area contributed by atoms with Gasteiger partial charge in [0, 0.05) is 16.3 Å². The SMILES string of the molecule is CC(N=C1NC(C)(C)CCS1)c1ccc(Cl)cc1. The molecule has 1 aromatic rings. The van der Waals surface area contributed by atoms with Gasteiger partial charge in [0.05, 0.1) is 6.04 Å². The van der Waals surface area contributed by atoms with Gasteiger partial charge < -0.3 is 5.32 Å². The van der Waals surface area contributed by atoms with Crippen LogP contribution in [0, 0.1) is 0 Å². The predicted molar refractivity (Wildman–Crippen MR) is 81.6 cm³/mol. The lowest BCUT2D eigenvalue weighted by atomic mass is 10.0. The lowest BCUT2D eigenvalue weighted by Crippen LogP contribution is -2.46. The monoisotopic (exact) mass is 282 g/mol. The van der Waals surface area contributed by atoms with Gasteiger partial charge in [-0.1, -0.05) is 35.5 Å².